The van der Waals surface area contributed by atoms with E-state index in [4.69, 9.17) is 18.7 Å². The zero-order chi connectivity index (χ0) is 23.8. The number of Topliss-reactive ketones (excluding diaryl/α,β-unsaturated/α-hetero) is 1. The molecule has 0 radical (unpaired) electrons. The normalized spacial score (nSPS) is 20.4. The van der Waals surface area contributed by atoms with Gasteiger partial charge in [0.15, 0.2) is 5.60 Å². The Balaban J connectivity index is 1.67. The van der Waals surface area contributed by atoms with Crippen molar-refractivity contribution in [1.82, 2.24) is 4.74 Å². The van der Waals surface area contributed by atoms with Crippen LogP contribution in [0.1, 0.15) is 41.6 Å². The summed E-state index contributed by atoms with van der Waals surface area (Å²) in [5, 5.41) is 11.3. The smallest absolute Gasteiger partial charge is 0.365 e. The third-order valence-corrected chi connectivity index (χ3v) is 7.00. The number of phenolic OH excluding ortho intramolecular Hbond substituents is 1. The van der Waals surface area contributed by atoms with E-state index in [1.165, 1.54) is 25.0 Å². The second-order valence-corrected chi connectivity index (χ2v) is 8.79. The second-order valence-electron chi connectivity index (χ2n) is 8.79. The minimum absolute atomic E-state index is 0.0157. The first-order valence-corrected chi connectivity index (χ1v) is 11.0. The first kappa shape index (κ1) is 20.6. The van der Waals surface area contributed by atoms with Crippen LogP contribution in [0.3, 0.4) is 0 Å². The van der Waals surface area contributed by atoms with E-state index < -0.39 is 23.0 Å². The van der Waals surface area contributed by atoms with Crippen molar-refractivity contribution in [3.05, 3.63) is 57.1 Å². The minimum atomic E-state index is -1.29. The fourth-order valence-electron chi connectivity index (χ4n) is 5.59. The maximum atomic E-state index is 13.9. The molecule has 9 nitrogen and oxygen atoms in total. The van der Waals surface area contributed by atoms with Crippen LogP contribution in [-0.4, -0.2) is 41.4 Å². The summed E-state index contributed by atoms with van der Waals surface area (Å²) in [5.74, 6) is -0.578. The van der Waals surface area contributed by atoms with Gasteiger partial charge < -0.3 is 23.8 Å². The van der Waals surface area contributed by atoms with E-state index in [1.807, 2.05) is 6.07 Å². The molecule has 1 aliphatic carbocycles. The maximum Gasteiger partial charge on any atom is 0.365 e. The van der Waals surface area contributed by atoms with E-state index in [9.17, 15) is 19.5 Å². The SMILES string of the molecule is COC(=O)C[C@@]12CCCC(OC)=C1C(=O)c1c(O)cc3c(c1O2)-c1cccc2c(=O)on(c12)C3. The topological polar surface area (TPSA) is 117 Å². The molecule has 1 N–H and O–H groups in total. The van der Waals surface area contributed by atoms with Gasteiger partial charge in [-0.05, 0) is 30.5 Å². The molecule has 0 saturated heterocycles. The number of aromatic hydroxyl groups is 1. The molecule has 9 heteroatoms. The van der Waals surface area contributed by atoms with Gasteiger partial charge in [0.05, 0.1) is 43.7 Å². The van der Waals surface area contributed by atoms with Crippen LogP contribution in [0.25, 0.3) is 22.0 Å². The number of hydrogen-bond donors (Lipinski definition) is 1. The van der Waals surface area contributed by atoms with E-state index in [-0.39, 0.29) is 35.6 Å². The lowest BCUT2D eigenvalue weighted by molar-refractivity contribution is -0.144. The zero-order valence-corrected chi connectivity index (χ0v) is 18.6. The van der Waals surface area contributed by atoms with Gasteiger partial charge >= 0.3 is 11.6 Å². The Kier molecular flexibility index (Phi) is 4.23. The Hall–Kier alpha value is -4.01. The summed E-state index contributed by atoms with van der Waals surface area (Å²) in [5.41, 5.74) is 0.969. The number of nitrogens with zero attached hydrogens (tertiary/aromatic N) is 1. The van der Waals surface area contributed by atoms with Crippen molar-refractivity contribution in [2.45, 2.75) is 37.8 Å². The first-order valence-electron chi connectivity index (χ1n) is 11.0. The summed E-state index contributed by atoms with van der Waals surface area (Å²) in [4.78, 5) is 38.7. The van der Waals surface area contributed by atoms with E-state index in [0.717, 1.165) is 0 Å². The number of ketones is 1. The van der Waals surface area contributed by atoms with Crippen LogP contribution >= 0.6 is 0 Å². The van der Waals surface area contributed by atoms with Crippen molar-refractivity contribution in [3.63, 3.8) is 0 Å². The summed E-state index contributed by atoms with van der Waals surface area (Å²) in [6.45, 7) is 0.180. The molecule has 0 saturated carbocycles. The molecule has 174 valence electrons. The van der Waals surface area contributed by atoms with E-state index >= 15 is 0 Å². The highest BCUT2D eigenvalue weighted by Crippen LogP contribution is 2.54. The highest BCUT2D eigenvalue weighted by molar-refractivity contribution is 6.17. The third kappa shape index (κ3) is 2.57. The number of para-hydroxylation sites is 1. The van der Waals surface area contributed by atoms with Gasteiger partial charge in [0.25, 0.3) is 0 Å². The Labute approximate surface area is 193 Å². The minimum Gasteiger partial charge on any atom is -0.507 e. The number of phenols is 1. The largest absolute Gasteiger partial charge is 0.507 e. The highest BCUT2D eigenvalue weighted by atomic mass is 16.5. The highest BCUT2D eigenvalue weighted by Gasteiger charge is 2.53. The van der Waals surface area contributed by atoms with Gasteiger partial charge in [0.2, 0.25) is 5.78 Å². The van der Waals surface area contributed by atoms with Gasteiger partial charge in [-0.25, -0.2) is 9.53 Å². The number of aromatic nitrogens is 1. The zero-order valence-electron chi connectivity index (χ0n) is 18.6. The van der Waals surface area contributed by atoms with Gasteiger partial charge in [-0.15, -0.1) is 0 Å². The Morgan fingerprint density at radius 1 is 1.24 bits per heavy atom. The molecule has 3 aromatic rings. The van der Waals surface area contributed by atoms with Crippen LogP contribution in [0.5, 0.6) is 11.5 Å². The second kappa shape index (κ2) is 6.99. The predicted octanol–water partition coefficient (Wildman–Crippen LogP) is 3.29. The number of methoxy groups -OCH3 is 2. The monoisotopic (exact) mass is 463 g/mol. The van der Waals surface area contributed by atoms with Crippen molar-refractivity contribution >= 4 is 22.7 Å². The lowest BCUT2D eigenvalue weighted by atomic mass is 9.73. The van der Waals surface area contributed by atoms with Crippen LogP contribution in [0.15, 0.2) is 44.9 Å². The lowest BCUT2D eigenvalue weighted by Crippen LogP contribution is -2.49. The predicted molar refractivity (Wildman–Crippen MR) is 119 cm³/mol. The third-order valence-electron chi connectivity index (χ3n) is 7.00. The number of esters is 1. The molecule has 0 fully saturated rings. The molecule has 1 aromatic heterocycles. The Morgan fingerprint density at radius 3 is 2.82 bits per heavy atom. The first-order chi connectivity index (χ1) is 16.4. The van der Waals surface area contributed by atoms with Crippen LogP contribution < -0.4 is 10.4 Å². The molecule has 6 rings (SSSR count). The molecule has 0 unspecified atom stereocenters. The number of benzene rings is 2. The van der Waals surface area contributed by atoms with Gasteiger partial charge in [0, 0.05) is 17.5 Å². The van der Waals surface area contributed by atoms with E-state index in [0.29, 0.717) is 52.6 Å². The number of allylic oxidation sites excluding steroid dienone is 1. The maximum absolute atomic E-state index is 13.9. The quantitative estimate of drug-likeness (QED) is 0.460. The lowest BCUT2D eigenvalue weighted by Gasteiger charge is -2.43. The number of ether oxygens (including phenoxy) is 3. The average molecular weight is 463 g/mol. The molecule has 0 amide bonds. The average Bonchev–Trinajstić information content (AvgIpc) is 3.14. The molecule has 1 atom stereocenters. The van der Waals surface area contributed by atoms with Crippen molar-refractivity contribution < 1.29 is 33.4 Å². The van der Waals surface area contributed by atoms with Crippen molar-refractivity contribution in [2.75, 3.05) is 14.2 Å². The molecular weight excluding hydrogens is 442 g/mol. The molecular formula is C25H21NO8. The summed E-state index contributed by atoms with van der Waals surface area (Å²) in [7, 11) is 2.76. The number of fused-ring (bicyclic) bond motifs is 5. The molecule has 3 heterocycles. The standard InChI is InChI=1S/C25H21NO8/c1-31-16-7-4-8-25(10-17(28)32-2)20(16)22(29)19-15(27)9-12-11-26-21-13(18(12)23(19)33-25)5-3-6-14(21)24(30)34-26/h3,5-6,9,27H,4,7-8,10-11H2,1-2H3/t25-/m0/s1. The van der Waals surface area contributed by atoms with Gasteiger partial charge in [-0.1, -0.05) is 12.1 Å². The van der Waals surface area contributed by atoms with Gasteiger partial charge in [-0.2, -0.15) is 0 Å². The van der Waals surface area contributed by atoms with E-state index in [1.54, 1.807) is 12.1 Å². The molecule has 2 aliphatic heterocycles. The van der Waals surface area contributed by atoms with Crippen molar-refractivity contribution in [1.29, 1.82) is 0 Å². The number of carbonyl (C=O) groups excluding carboxylic acids is 2. The van der Waals surface area contributed by atoms with Crippen LogP contribution in [0.2, 0.25) is 0 Å². The summed E-state index contributed by atoms with van der Waals surface area (Å²) < 4.78 is 23.9. The molecule has 2 aromatic carbocycles. The Bertz CT molecular complexity index is 1510. The molecule has 34 heavy (non-hydrogen) atoms. The molecule has 0 bridgehead atoms. The van der Waals surface area contributed by atoms with Crippen molar-refractivity contribution in [2.24, 2.45) is 0 Å². The number of rotatable bonds is 3. The summed E-state index contributed by atoms with van der Waals surface area (Å²) in [6.07, 6.45) is 1.39. The number of carbonyl (C=O) groups is 2. The fraction of sp³-hybridized carbons (Fsp3) is 0.320. The fourth-order valence-corrected chi connectivity index (χ4v) is 5.59. The van der Waals surface area contributed by atoms with Crippen molar-refractivity contribution in [3.8, 4) is 22.6 Å². The summed E-state index contributed by atoms with van der Waals surface area (Å²) in [6, 6.07) is 6.73. The summed E-state index contributed by atoms with van der Waals surface area (Å²) >= 11 is 0. The van der Waals surface area contributed by atoms with Gasteiger partial charge in [0.1, 0.15) is 22.8 Å². The molecule has 3 aliphatic rings. The van der Waals surface area contributed by atoms with Gasteiger partial charge in [-0.3, -0.25) is 9.59 Å². The number of hydrogen-bond acceptors (Lipinski definition) is 8. The molecule has 0 spiro atoms. The van der Waals surface area contributed by atoms with E-state index in [2.05, 4.69) is 0 Å². The Morgan fingerprint density at radius 2 is 2.06 bits per heavy atom. The van der Waals surface area contributed by atoms with Crippen LogP contribution in [-0.2, 0) is 20.8 Å². The van der Waals surface area contributed by atoms with Crippen LogP contribution in [0, 0.1) is 0 Å². The van der Waals surface area contributed by atoms with Crippen LogP contribution in [0.4, 0.5) is 0 Å².